The van der Waals surface area contributed by atoms with Gasteiger partial charge in [-0.15, -0.1) is 0 Å². The van der Waals surface area contributed by atoms with Crippen molar-refractivity contribution in [3.63, 3.8) is 0 Å². The highest BCUT2D eigenvalue weighted by atomic mass is 16.2. The smallest absolute Gasteiger partial charge is 0.244 e. The number of carbonyl (C=O) groups is 2. The molecule has 1 fully saturated rings. The molecule has 0 bridgehead atoms. The van der Waals surface area contributed by atoms with Gasteiger partial charge in [0.15, 0.2) is 0 Å². The lowest BCUT2D eigenvalue weighted by Gasteiger charge is -2.34. The molecule has 0 aromatic heterocycles. The van der Waals surface area contributed by atoms with Crippen molar-refractivity contribution in [1.82, 2.24) is 10.2 Å². The van der Waals surface area contributed by atoms with Crippen LogP contribution in [0.2, 0.25) is 0 Å². The molecule has 2 amide bonds. The molecule has 1 aromatic rings. The Bertz CT molecular complexity index is 568. The number of amides is 2. The van der Waals surface area contributed by atoms with Crippen LogP contribution in [-0.2, 0) is 9.59 Å². The van der Waals surface area contributed by atoms with Gasteiger partial charge in [-0.2, -0.15) is 0 Å². The lowest BCUT2D eigenvalue weighted by atomic mass is 9.96. The monoisotopic (exact) mass is 331 g/mol. The average molecular weight is 331 g/mol. The SMILES string of the molecule is Cc1ccc(C(N)C(=O)N2CCCC(CNC(=O)C(C)C)C2)cc1. The van der Waals surface area contributed by atoms with E-state index in [4.69, 9.17) is 5.73 Å². The number of piperidine rings is 1. The van der Waals surface area contributed by atoms with Crippen molar-refractivity contribution in [3.8, 4) is 0 Å². The molecule has 1 saturated heterocycles. The minimum Gasteiger partial charge on any atom is -0.356 e. The number of nitrogens with zero attached hydrogens (tertiary/aromatic N) is 1. The summed E-state index contributed by atoms with van der Waals surface area (Å²) in [5.74, 6) is 0.324. The minimum atomic E-state index is -0.616. The second-order valence-electron chi connectivity index (χ2n) is 7.08. The molecule has 2 atom stereocenters. The van der Waals surface area contributed by atoms with E-state index in [-0.39, 0.29) is 17.7 Å². The number of carbonyl (C=O) groups excluding carboxylic acids is 2. The Morgan fingerprint density at radius 1 is 1.29 bits per heavy atom. The third-order valence-electron chi connectivity index (χ3n) is 4.62. The fourth-order valence-electron chi connectivity index (χ4n) is 2.99. The Kier molecular flexibility index (Phi) is 6.37. The van der Waals surface area contributed by atoms with Crippen LogP contribution in [0.5, 0.6) is 0 Å². The molecule has 5 heteroatoms. The molecule has 0 spiro atoms. The summed E-state index contributed by atoms with van der Waals surface area (Å²) in [7, 11) is 0. The van der Waals surface area contributed by atoms with Crippen molar-refractivity contribution in [2.24, 2.45) is 17.6 Å². The van der Waals surface area contributed by atoms with Crippen LogP contribution in [0.15, 0.2) is 24.3 Å². The number of likely N-dealkylation sites (tertiary alicyclic amines) is 1. The van der Waals surface area contributed by atoms with Crippen molar-refractivity contribution in [3.05, 3.63) is 35.4 Å². The van der Waals surface area contributed by atoms with Crippen molar-refractivity contribution in [2.75, 3.05) is 19.6 Å². The van der Waals surface area contributed by atoms with Crippen LogP contribution < -0.4 is 11.1 Å². The topological polar surface area (TPSA) is 75.4 Å². The molecule has 2 unspecified atom stereocenters. The van der Waals surface area contributed by atoms with E-state index in [9.17, 15) is 9.59 Å². The summed E-state index contributed by atoms with van der Waals surface area (Å²) in [5.41, 5.74) is 8.16. The van der Waals surface area contributed by atoms with Crippen molar-refractivity contribution < 1.29 is 9.59 Å². The number of rotatable bonds is 5. The summed E-state index contributed by atoms with van der Waals surface area (Å²) in [6.45, 7) is 7.81. The first kappa shape index (κ1) is 18.5. The number of hydrogen-bond acceptors (Lipinski definition) is 3. The van der Waals surface area contributed by atoms with Gasteiger partial charge in [-0.1, -0.05) is 43.7 Å². The third-order valence-corrected chi connectivity index (χ3v) is 4.62. The lowest BCUT2D eigenvalue weighted by Crippen LogP contribution is -2.47. The maximum atomic E-state index is 12.7. The molecule has 1 aromatic carbocycles. The molecule has 1 aliphatic heterocycles. The van der Waals surface area contributed by atoms with Crippen LogP contribution in [-0.4, -0.2) is 36.3 Å². The zero-order chi connectivity index (χ0) is 17.7. The molecule has 0 radical (unpaired) electrons. The molecule has 2 rings (SSSR count). The molecule has 1 aliphatic rings. The van der Waals surface area contributed by atoms with E-state index in [1.54, 1.807) is 0 Å². The molecular weight excluding hydrogens is 302 g/mol. The largest absolute Gasteiger partial charge is 0.356 e. The number of benzene rings is 1. The molecule has 3 N–H and O–H groups in total. The molecule has 1 heterocycles. The van der Waals surface area contributed by atoms with Gasteiger partial charge >= 0.3 is 0 Å². The van der Waals surface area contributed by atoms with Gasteiger partial charge in [0.2, 0.25) is 11.8 Å². The molecule has 5 nitrogen and oxygen atoms in total. The van der Waals surface area contributed by atoms with E-state index < -0.39 is 6.04 Å². The summed E-state index contributed by atoms with van der Waals surface area (Å²) in [5, 5.41) is 2.97. The average Bonchev–Trinajstić information content (AvgIpc) is 2.59. The van der Waals surface area contributed by atoms with Crippen LogP contribution in [0, 0.1) is 18.8 Å². The molecule has 24 heavy (non-hydrogen) atoms. The van der Waals surface area contributed by atoms with Gasteiger partial charge in [0.1, 0.15) is 6.04 Å². The quantitative estimate of drug-likeness (QED) is 0.866. The van der Waals surface area contributed by atoms with E-state index in [0.29, 0.717) is 19.0 Å². The summed E-state index contributed by atoms with van der Waals surface area (Å²) >= 11 is 0. The summed E-state index contributed by atoms with van der Waals surface area (Å²) in [4.78, 5) is 26.2. The van der Waals surface area contributed by atoms with Gasteiger partial charge in [-0.05, 0) is 31.2 Å². The second kappa shape index (κ2) is 8.29. The van der Waals surface area contributed by atoms with Crippen LogP contribution in [0.1, 0.15) is 43.9 Å². The Labute approximate surface area is 144 Å². The Hall–Kier alpha value is -1.88. The van der Waals surface area contributed by atoms with Crippen molar-refractivity contribution in [2.45, 2.75) is 39.7 Å². The van der Waals surface area contributed by atoms with Crippen LogP contribution >= 0.6 is 0 Å². The first-order valence-electron chi connectivity index (χ1n) is 8.77. The van der Waals surface area contributed by atoms with Gasteiger partial charge < -0.3 is 16.0 Å². The molecule has 0 aliphatic carbocycles. The third kappa shape index (κ3) is 4.81. The number of nitrogens with two attached hydrogens (primary N) is 1. The first-order valence-corrected chi connectivity index (χ1v) is 8.77. The van der Waals surface area contributed by atoms with Crippen molar-refractivity contribution >= 4 is 11.8 Å². The zero-order valence-electron chi connectivity index (χ0n) is 14.9. The van der Waals surface area contributed by atoms with Gasteiger partial charge in [0, 0.05) is 25.6 Å². The highest BCUT2D eigenvalue weighted by Gasteiger charge is 2.28. The standard InChI is InChI=1S/C19H29N3O2/c1-13(2)18(23)21-11-15-5-4-10-22(12-15)19(24)17(20)16-8-6-14(3)7-9-16/h6-9,13,15,17H,4-5,10-12,20H2,1-3H3,(H,21,23). The predicted octanol–water partition coefficient (Wildman–Crippen LogP) is 2.01. The normalized spacial score (nSPS) is 19.2. The van der Waals surface area contributed by atoms with Gasteiger partial charge in [-0.25, -0.2) is 0 Å². The molecule has 0 saturated carbocycles. The molecule has 132 valence electrons. The van der Waals surface area contributed by atoms with E-state index in [1.165, 1.54) is 0 Å². The Balaban J connectivity index is 1.92. The maximum Gasteiger partial charge on any atom is 0.244 e. The fraction of sp³-hybridized carbons (Fsp3) is 0.579. The highest BCUT2D eigenvalue weighted by Crippen LogP contribution is 2.20. The molecular formula is C19H29N3O2. The van der Waals surface area contributed by atoms with Crippen LogP contribution in [0.25, 0.3) is 0 Å². The Morgan fingerprint density at radius 2 is 1.96 bits per heavy atom. The van der Waals surface area contributed by atoms with E-state index in [2.05, 4.69) is 5.32 Å². The van der Waals surface area contributed by atoms with Gasteiger partial charge in [-0.3, -0.25) is 9.59 Å². The highest BCUT2D eigenvalue weighted by molar-refractivity contribution is 5.83. The fourth-order valence-corrected chi connectivity index (χ4v) is 2.99. The maximum absolute atomic E-state index is 12.7. The lowest BCUT2D eigenvalue weighted by molar-refractivity contribution is -0.134. The van der Waals surface area contributed by atoms with Crippen LogP contribution in [0.3, 0.4) is 0 Å². The second-order valence-corrected chi connectivity index (χ2v) is 7.08. The number of aryl methyl sites for hydroxylation is 1. The zero-order valence-corrected chi connectivity index (χ0v) is 14.9. The Morgan fingerprint density at radius 3 is 2.58 bits per heavy atom. The summed E-state index contributed by atoms with van der Waals surface area (Å²) < 4.78 is 0. The van der Waals surface area contributed by atoms with E-state index in [1.807, 2.05) is 49.9 Å². The minimum absolute atomic E-state index is 0.0127. The summed E-state index contributed by atoms with van der Waals surface area (Å²) in [6, 6.07) is 7.17. The van der Waals surface area contributed by atoms with Gasteiger partial charge in [0.25, 0.3) is 0 Å². The first-order chi connectivity index (χ1) is 11.4. The van der Waals surface area contributed by atoms with E-state index >= 15 is 0 Å². The van der Waals surface area contributed by atoms with E-state index in [0.717, 1.165) is 30.5 Å². The summed E-state index contributed by atoms with van der Waals surface area (Å²) in [6.07, 6.45) is 1.98. The predicted molar refractivity (Wildman–Crippen MR) is 95.3 cm³/mol. The van der Waals surface area contributed by atoms with Crippen LogP contribution in [0.4, 0.5) is 0 Å². The number of nitrogens with one attached hydrogen (secondary N) is 1. The van der Waals surface area contributed by atoms with Crippen molar-refractivity contribution in [1.29, 1.82) is 0 Å². The number of hydrogen-bond donors (Lipinski definition) is 2. The van der Waals surface area contributed by atoms with Gasteiger partial charge in [0.05, 0.1) is 0 Å².